The van der Waals surface area contributed by atoms with Gasteiger partial charge in [-0.3, -0.25) is 9.59 Å². The molecule has 0 saturated carbocycles. The molecule has 1 aromatic rings. The molecule has 5 nitrogen and oxygen atoms in total. The Labute approximate surface area is 198 Å². The number of carbonyl (C=O) groups is 2. The summed E-state index contributed by atoms with van der Waals surface area (Å²) in [6, 6.07) is 5.28. The highest BCUT2D eigenvalue weighted by Gasteiger charge is 2.39. The molecule has 0 aromatic heterocycles. The molecule has 1 heterocycles. The average molecular weight is 457 g/mol. The van der Waals surface area contributed by atoms with E-state index in [-0.39, 0.29) is 6.42 Å². The van der Waals surface area contributed by atoms with E-state index in [4.69, 9.17) is 4.74 Å². The lowest BCUT2D eigenvalue weighted by atomic mass is 9.76. The first-order valence-electron chi connectivity index (χ1n) is 12.4. The topological polar surface area (TPSA) is 83.8 Å². The van der Waals surface area contributed by atoms with Crippen LogP contribution in [0, 0.1) is 0 Å². The highest BCUT2D eigenvalue weighted by atomic mass is 16.5. The number of Topliss-reactive ketones (excluding diaryl/α,β-unsaturated/α-hetero) is 1. The van der Waals surface area contributed by atoms with Crippen LogP contribution in [-0.2, 0) is 21.4 Å². The zero-order chi connectivity index (χ0) is 24.1. The lowest BCUT2D eigenvalue weighted by Crippen LogP contribution is -2.38. The molecule has 2 N–H and O–H groups in total. The molecule has 0 fully saturated rings. The van der Waals surface area contributed by atoms with Gasteiger partial charge in [0.1, 0.15) is 11.9 Å². The number of carbonyl (C=O) groups excluding carboxylic acids is 1. The number of ether oxygens (including phenoxy) is 1. The molecule has 0 aliphatic carbocycles. The number of hydrogen-bond acceptors (Lipinski definition) is 4. The molecule has 1 aliphatic rings. The second kappa shape index (κ2) is 14.0. The Kier molecular flexibility index (Phi) is 11.4. The van der Waals surface area contributed by atoms with E-state index in [1.165, 1.54) is 45.4 Å². The number of carboxylic acid groups (broad SMARTS) is 1. The van der Waals surface area contributed by atoms with Crippen LogP contribution >= 0.6 is 0 Å². The molecule has 182 valence electrons. The predicted molar refractivity (Wildman–Crippen MR) is 132 cm³/mol. The molecular formula is C28H40O5. The zero-order valence-electron chi connectivity index (χ0n) is 20.2. The minimum atomic E-state index is -1.42. The van der Waals surface area contributed by atoms with Gasteiger partial charge in [-0.25, -0.2) is 0 Å². The van der Waals surface area contributed by atoms with Crippen molar-refractivity contribution in [2.45, 2.75) is 102 Å². The van der Waals surface area contributed by atoms with Gasteiger partial charge >= 0.3 is 5.97 Å². The smallest absolute Gasteiger partial charge is 0.314 e. The SMILES string of the molecule is CCCCCCCC/C=C/CCCC(O)C(=O)CC(C)(C(=O)O)c1ccc2c(c1)OC=CC2. The summed E-state index contributed by atoms with van der Waals surface area (Å²) in [7, 11) is 0. The lowest BCUT2D eigenvalue weighted by molar-refractivity contribution is -0.146. The number of allylic oxidation sites excluding steroid dienone is 3. The van der Waals surface area contributed by atoms with Gasteiger partial charge in [0.05, 0.1) is 11.7 Å². The monoisotopic (exact) mass is 456 g/mol. The van der Waals surface area contributed by atoms with Crippen LogP contribution in [0.4, 0.5) is 0 Å². The van der Waals surface area contributed by atoms with Crippen molar-refractivity contribution in [1.82, 2.24) is 0 Å². The van der Waals surface area contributed by atoms with Crippen LogP contribution in [0.1, 0.15) is 95.6 Å². The number of ketones is 1. The van der Waals surface area contributed by atoms with Crippen LogP contribution in [-0.4, -0.2) is 28.1 Å². The molecule has 1 aromatic carbocycles. The highest BCUT2D eigenvalue weighted by molar-refractivity contribution is 5.92. The van der Waals surface area contributed by atoms with Crippen molar-refractivity contribution in [2.75, 3.05) is 0 Å². The van der Waals surface area contributed by atoms with Crippen LogP contribution in [0.3, 0.4) is 0 Å². The van der Waals surface area contributed by atoms with E-state index in [0.717, 1.165) is 24.8 Å². The maximum Gasteiger partial charge on any atom is 0.314 e. The van der Waals surface area contributed by atoms with Crippen molar-refractivity contribution in [1.29, 1.82) is 0 Å². The highest BCUT2D eigenvalue weighted by Crippen LogP contribution is 2.34. The molecule has 5 heteroatoms. The van der Waals surface area contributed by atoms with E-state index in [1.807, 2.05) is 12.1 Å². The van der Waals surface area contributed by atoms with Gasteiger partial charge < -0.3 is 14.9 Å². The summed E-state index contributed by atoms with van der Waals surface area (Å²) in [5.41, 5.74) is 0.0568. The molecule has 33 heavy (non-hydrogen) atoms. The first kappa shape index (κ1) is 26.8. The Balaban J connectivity index is 1.78. The number of fused-ring (bicyclic) bond motifs is 1. The summed E-state index contributed by atoms with van der Waals surface area (Å²) in [6.45, 7) is 3.76. The Hall–Kier alpha value is -2.40. The lowest BCUT2D eigenvalue weighted by Gasteiger charge is -2.27. The summed E-state index contributed by atoms with van der Waals surface area (Å²) in [4.78, 5) is 24.8. The number of unbranched alkanes of at least 4 members (excludes halogenated alkanes) is 7. The second-order valence-corrected chi connectivity index (χ2v) is 9.27. The van der Waals surface area contributed by atoms with Crippen LogP contribution < -0.4 is 4.74 Å². The summed E-state index contributed by atoms with van der Waals surface area (Å²) in [5.74, 6) is -0.912. The standard InChI is InChI=1S/C28H40O5/c1-3-4-5-6-7-8-9-10-11-12-13-16-24(29)25(30)21-28(2,27(31)32)23-18-17-22-15-14-19-33-26(22)20-23/h10-11,14,17-20,24,29H,3-9,12-13,15-16,21H2,1-2H3,(H,31,32)/b11-10+. The number of aliphatic carboxylic acids is 1. The second-order valence-electron chi connectivity index (χ2n) is 9.27. The summed E-state index contributed by atoms with van der Waals surface area (Å²) < 4.78 is 5.50. The molecule has 1 aliphatic heterocycles. The van der Waals surface area contributed by atoms with Crippen LogP contribution in [0.5, 0.6) is 5.75 Å². The number of hydrogen-bond donors (Lipinski definition) is 2. The third-order valence-corrected chi connectivity index (χ3v) is 6.44. The molecule has 0 radical (unpaired) electrons. The van der Waals surface area contributed by atoms with Crippen molar-refractivity contribution in [3.05, 3.63) is 53.8 Å². The van der Waals surface area contributed by atoms with E-state index in [0.29, 0.717) is 24.2 Å². The molecule has 0 amide bonds. The van der Waals surface area contributed by atoms with E-state index in [2.05, 4.69) is 19.1 Å². The van der Waals surface area contributed by atoms with Crippen molar-refractivity contribution < 1.29 is 24.5 Å². The van der Waals surface area contributed by atoms with Gasteiger partial charge in [0.15, 0.2) is 5.78 Å². The van der Waals surface area contributed by atoms with Gasteiger partial charge in [0.25, 0.3) is 0 Å². The quantitative estimate of drug-likeness (QED) is 0.226. The van der Waals surface area contributed by atoms with Crippen molar-refractivity contribution in [3.63, 3.8) is 0 Å². The van der Waals surface area contributed by atoms with Gasteiger partial charge in [-0.1, -0.05) is 63.3 Å². The number of aliphatic hydroxyl groups excluding tert-OH is 1. The fourth-order valence-corrected chi connectivity index (χ4v) is 4.11. The first-order chi connectivity index (χ1) is 15.9. The maximum absolute atomic E-state index is 12.7. The van der Waals surface area contributed by atoms with E-state index >= 15 is 0 Å². The molecule has 0 bridgehead atoms. The Bertz CT molecular complexity index is 826. The van der Waals surface area contributed by atoms with E-state index < -0.39 is 23.3 Å². The zero-order valence-corrected chi connectivity index (χ0v) is 20.2. The van der Waals surface area contributed by atoms with Gasteiger partial charge in [-0.15, -0.1) is 0 Å². The minimum Gasteiger partial charge on any atom is -0.481 e. The molecular weight excluding hydrogens is 416 g/mol. The summed E-state index contributed by atoms with van der Waals surface area (Å²) in [6.07, 6.45) is 17.7. The van der Waals surface area contributed by atoms with Crippen molar-refractivity contribution in [2.24, 2.45) is 0 Å². The normalized spacial score (nSPS) is 15.6. The number of benzene rings is 1. The third-order valence-electron chi connectivity index (χ3n) is 6.44. The van der Waals surface area contributed by atoms with Crippen molar-refractivity contribution in [3.8, 4) is 5.75 Å². The van der Waals surface area contributed by atoms with Gasteiger partial charge in [-0.2, -0.15) is 0 Å². The van der Waals surface area contributed by atoms with Crippen molar-refractivity contribution >= 4 is 11.8 Å². The van der Waals surface area contributed by atoms with Crippen LogP contribution in [0.2, 0.25) is 0 Å². The number of aliphatic hydroxyl groups is 1. The van der Waals surface area contributed by atoms with Gasteiger partial charge in [0.2, 0.25) is 0 Å². The summed E-state index contributed by atoms with van der Waals surface area (Å²) in [5, 5.41) is 20.2. The fraction of sp³-hybridized carbons (Fsp3) is 0.571. The van der Waals surface area contributed by atoms with Crippen LogP contribution in [0.25, 0.3) is 0 Å². The Morgan fingerprint density at radius 3 is 2.52 bits per heavy atom. The molecule has 2 rings (SSSR count). The van der Waals surface area contributed by atoms with Gasteiger partial charge in [-0.05, 0) is 68.7 Å². The van der Waals surface area contributed by atoms with E-state index in [1.54, 1.807) is 18.4 Å². The van der Waals surface area contributed by atoms with E-state index in [9.17, 15) is 19.8 Å². The first-order valence-corrected chi connectivity index (χ1v) is 12.4. The molecule has 2 unspecified atom stereocenters. The third kappa shape index (κ3) is 8.47. The minimum absolute atomic E-state index is 0.258. The average Bonchev–Trinajstić information content (AvgIpc) is 2.81. The summed E-state index contributed by atoms with van der Waals surface area (Å²) >= 11 is 0. The number of rotatable bonds is 16. The maximum atomic E-state index is 12.7. The molecule has 2 atom stereocenters. The largest absolute Gasteiger partial charge is 0.481 e. The predicted octanol–water partition coefficient (Wildman–Crippen LogP) is 6.27. The van der Waals surface area contributed by atoms with Gasteiger partial charge in [0, 0.05) is 6.42 Å². The Morgan fingerprint density at radius 1 is 1.09 bits per heavy atom. The fourth-order valence-electron chi connectivity index (χ4n) is 4.11. The van der Waals surface area contributed by atoms with Crippen LogP contribution in [0.15, 0.2) is 42.7 Å². The Morgan fingerprint density at radius 2 is 1.79 bits per heavy atom. The number of carboxylic acids is 1. The molecule has 0 saturated heterocycles. The molecule has 0 spiro atoms.